The molecule has 0 bridgehead atoms. The Labute approximate surface area is 138 Å². The van der Waals surface area contributed by atoms with Crippen molar-refractivity contribution in [3.05, 3.63) is 53.7 Å². The largest absolute Gasteiger partial charge is 0.479 e. The molecule has 6 nitrogen and oxygen atoms in total. The van der Waals surface area contributed by atoms with Gasteiger partial charge in [0.25, 0.3) is 0 Å². The molecule has 0 amide bonds. The zero-order valence-electron chi connectivity index (χ0n) is 13.3. The molecular formula is C18H16O6. The summed E-state index contributed by atoms with van der Waals surface area (Å²) in [5, 5.41) is 0. The van der Waals surface area contributed by atoms with E-state index < -0.39 is 12.1 Å². The van der Waals surface area contributed by atoms with Crippen LogP contribution in [0.1, 0.15) is 30.0 Å². The van der Waals surface area contributed by atoms with Gasteiger partial charge in [-0.3, -0.25) is 4.79 Å². The highest BCUT2D eigenvalue weighted by Crippen LogP contribution is 2.35. The van der Waals surface area contributed by atoms with Crippen LogP contribution in [0.15, 0.2) is 46.8 Å². The number of esters is 1. The minimum atomic E-state index is -0.752. The van der Waals surface area contributed by atoms with E-state index in [1.807, 2.05) is 0 Å². The molecule has 0 unspecified atom stereocenters. The van der Waals surface area contributed by atoms with Crippen molar-refractivity contribution < 1.29 is 28.2 Å². The molecule has 2 aromatic rings. The Morgan fingerprint density at radius 3 is 2.88 bits per heavy atom. The van der Waals surface area contributed by atoms with Gasteiger partial charge in [0.15, 0.2) is 11.9 Å². The summed E-state index contributed by atoms with van der Waals surface area (Å²) < 4.78 is 21.2. The molecule has 3 rings (SSSR count). The van der Waals surface area contributed by atoms with Crippen LogP contribution >= 0.6 is 0 Å². The third kappa shape index (κ3) is 3.17. The molecule has 1 aromatic carbocycles. The Bertz CT molecular complexity index is 788. The minimum absolute atomic E-state index is 0.176. The number of fused-ring (bicyclic) bond motifs is 1. The predicted molar refractivity (Wildman–Crippen MR) is 84.8 cm³/mol. The Morgan fingerprint density at radius 2 is 2.17 bits per heavy atom. The van der Waals surface area contributed by atoms with Crippen LogP contribution in [0.3, 0.4) is 0 Å². The summed E-state index contributed by atoms with van der Waals surface area (Å²) in [6.07, 6.45) is 2.30. The first kappa shape index (κ1) is 15.9. The molecule has 0 fully saturated rings. The summed E-state index contributed by atoms with van der Waals surface area (Å²) >= 11 is 0. The van der Waals surface area contributed by atoms with Gasteiger partial charge in [0.2, 0.25) is 5.78 Å². The van der Waals surface area contributed by atoms with Gasteiger partial charge in [-0.2, -0.15) is 0 Å². The number of benzene rings is 1. The lowest BCUT2D eigenvalue weighted by atomic mass is 10.1. The molecule has 0 saturated carbocycles. The summed E-state index contributed by atoms with van der Waals surface area (Å²) in [5.74, 6) is 0.821. The molecule has 1 aliphatic heterocycles. The molecule has 0 saturated heterocycles. The lowest BCUT2D eigenvalue weighted by Crippen LogP contribution is -2.26. The first-order valence-corrected chi connectivity index (χ1v) is 7.53. The number of rotatable bonds is 5. The second-order valence-corrected chi connectivity index (χ2v) is 5.13. The Kier molecular flexibility index (Phi) is 4.37. The molecule has 1 atom stereocenters. The SMILES string of the molecule is CCOC(=O)[C@H](C)Oc1ccc2c(c1)OC(=Cc1ccco1)C2=O. The first-order chi connectivity index (χ1) is 11.6. The van der Waals surface area contributed by atoms with Gasteiger partial charge in [-0.15, -0.1) is 0 Å². The highest BCUT2D eigenvalue weighted by molar-refractivity contribution is 6.14. The molecule has 2 heterocycles. The Morgan fingerprint density at radius 1 is 1.33 bits per heavy atom. The highest BCUT2D eigenvalue weighted by Gasteiger charge is 2.28. The van der Waals surface area contributed by atoms with E-state index in [-0.39, 0.29) is 18.1 Å². The maximum absolute atomic E-state index is 12.3. The maximum Gasteiger partial charge on any atom is 0.347 e. The molecule has 0 N–H and O–H groups in total. The number of ether oxygens (including phenoxy) is 3. The van der Waals surface area contributed by atoms with Gasteiger partial charge in [0, 0.05) is 12.1 Å². The van der Waals surface area contributed by atoms with E-state index in [1.165, 1.54) is 12.3 Å². The van der Waals surface area contributed by atoms with Crippen molar-refractivity contribution in [2.75, 3.05) is 6.61 Å². The average molecular weight is 328 g/mol. The number of hydrogen-bond donors (Lipinski definition) is 0. The predicted octanol–water partition coefficient (Wildman–Crippen LogP) is 3.23. The van der Waals surface area contributed by atoms with Gasteiger partial charge in [0.1, 0.15) is 17.3 Å². The van der Waals surface area contributed by atoms with Gasteiger partial charge >= 0.3 is 5.97 Å². The number of Topliss-reactive ketones (excluding diaryl/α,β-unsaturated/α-hetero) is 1. The molecule has 6 heteroatoms. The van der Waals surface area contributed by atoms with Crippen LogP contribution < -0.4 is 9.47 Å². The molecule has 1 aromatic heterocycles. The van der Waals surface area contributed by atoms with Crippen molar-refractivity contribution in [1.82, 2.24) is 0 Å². The lowest BCUT2D eigenvalue weighted by molar-refractivity contribution is -0.150. The van der Waals surface area contributed by atoms with E-state index in [1.54, 1.807) is 44.2 Å². The van der Waals surface area contributed by atoms with Crippen LogP contribution in [0.2, 0.25) is 0 Å². The van der Waals surface area contributed by atoms with Crippen molar-refractivity contribution in [3.8, 4) is 11.5 Å². The molecule has 0 aliphatic carbocycles. The molecule has 124 valence electrons. The van der Waals surface area contributed by atoms with E-state index in [9.17, 15) is 9.59 Å². The van der Waals surface area contributed by atoms with Gasteiger partial charge in [-0.05, 0) is 38.1 Å². The maximum atomic E-state index is 12.3. The lowest BCUT2D eigenvalue weighted by Gasteiger charge is -2.13. The highest BCUT2D eigenvalue weighted by atomic mass is 16.6. The zero-order valence-corrected chi connectivity index (χ0v) is 13.3. The topological polar surface area (TPSA) is 75.0 Å². The number of carbonyl (C=O) groups is 2. The third-order valence-electron chi connectivity index (χ3n) is 3.39. The van der Waals surface area contributed by atoms with E-state index in [2.05, 4.69) is 0 Å². The molecule has 0 radical (unpaired) electrons. The number of furan rings is 1. The van der Waals surface area contributed by atoms with Gasteiger partial charge < -0.3 is 18.6 Å². The van der Waals surface area contributed by atoms with Crippen LogP contribution in [0, 0.1) is 0 Å². The molecule has 24 heavy (non-hydrogen) atoms. The van der Waals surface area contributed by atoms with E-state index in [0.717, 1.165) is 0 Å². The fourth-order valence-corrected chi connectivity index (χ4v) is 2.25. The standard InChI is InChI=1S/C18H16O6/c1-3-21-18(20)11(2)23-13-6-7-14-15(10-13)24-16(17(14)19)9-12-5-4-8-22-12/h4-11H,3H2,1-2H3/t11-/m0/s1. The summed E-state index contributed by atoms with van der Waals surface area (Å²) in [6, 6.07) is 8.25. The first-order valence-electron chi connectivity index (χ1n) is 7.53. The van der Waals surface area contributed by atoms with Gasteiger partial charge in [-0.1, -0.05) is 0 Å². The molecule has 0 spiro atoms. The fraction of sp³-hybridized carbons (Fsp3) is 0.222. The van der Waals surface area contributed by atoms with Gasteiger partial charge in [-0.25, -0.2) is 4.79 Å². The van der Waals surface area contributed by atoms with Crippen molar-refractivity contribution >= 4 is 17.8 Å². The quantitative estimate of drug-likeness (QED) is 0.619. The summed E-state index contributed by atoms with van der Waals surface area (Å²) in [6.45, 7) is 3.61. The second-order valence-electron chi connectivity index (χ2n) is 5.13. The average Bonchev–Trinajstić information content (AvgIpc) is 3.17. The Balaban J connectivity index is 1.77. The van der Waals surface area contributed by atoms with E-state index in [4.69, 9.17) is 18.6 Å². The smallest absolute Gasteiger partial charge is 0.347 e. The zero-order chi connectivity index (χ0) is 17.1. The summed E-state index contributed by atoms with van der Waals surface area (Å²) in [7, 11) is 0. The number of allylic oxidation sites excluding steroid dienone is 1. The second kappa shape index (κ2) is 6.62. The van der Waals surface area contributed by atoms with Crippen molar-refractivity contribution in [3.63, 3.8) is 0 Å². The van der Waals surface area contributed by atoms with Gasteiger partial charge in [0.05, 0.1) is 18.4 Å². The van der Waals surface area contributed by atoms with Crippen molar-refractivity contribution in [2.45, 2.75) is 20.0 Å². The van der Waals surface area contributed by atoms with E-state index in [0.29, 0.717) is 22.8 Å². The normalized spacial score (nSPS) is 15.8. The summed E-state index contributed by atoms with van der Waals surface area (Å²) in [5.41, 5.74) is 0.434. The van der Waals surface area contributed by atoms with Crippen LogP contribution in [0.4, 0.5) is 0 Å². The fourth-order valence-electron chi connectivity index (χ4n) is 2.25. The third-order valence-corrected chi connectivity index (χ3v) is 3.39. The van der Waals surface area contributed by atoms with Crippen molar-refractivity contribution in [1.29, 1.82) is 0 Å². The molecular weight excluding hydrogens is 312 g/mol. The number of ketones is 1. The molecule has 1 aliphatic rings. The van der Waals surface area contributed by atoms with Crippen LogP contribution in [-0.2, 0) is 9.53 Å². The Hall–Kier alpha value is -3.02. The van der Waals surface area contributed by atoms with Crippen molar-refractivity contribution in [2.24, 2.45) is 0 Å². The number of carbonyl (C=O) groups excluding carboxylic acids is 2. The van der Waals surface area contributed by atoms with Crippen LogP contribution in [0.5, 0.6) is 11.5 Å². The number of hydrogen-bond acceptors (Lipinski definition) is 6. The minimum Gasteiger partial charge on any atom is -0.479 e. The monoisotopic (exact) mass is 328 g/mol. The van der Waals surface area contributed by atoms with Crippen LogP contribution in [-0.4, -0.2) is 24.5 Å². The summed E-state index contributed by atoms with van der Waals surface area (Å²) in [4.78, 5) is 23.9. The van der Waals surface area contributed by atoms with Crippen LogP contribution in [0.25, 0.3) is 6.08 Å². The van der Waals surface area contributed by atoms with E-state index >= 15 is 0 Å².